The molecule has 0 aliphatic heterocycles. The van der Waals surface area contributed by atoms with Gasteiger partial charge in [-0.25, -0.2) is 4.39 Å². The summed E-state index contributed by atoms with van der Waals surface area (Å²) < 4.78 is 12.8. The number of anilines is 2. The van der Waals surface area contributed by atoms with Crippen LogP contribution >= 0.6 is 0 Å². The van der Waals surface area contributed by atoms with E-state index in [4.69, 9.17) is 11.5 Å². The molecule has 98 valence electrons. The third kappa shape index (κ3) is 3.22. The molecule has 0 radical (unpaired) electrons. The van der Waals surface area contributed by atoms with Crippen molar-refractivity contribution >= 4 is 17.3 Å². The number of carbonyl (C=O) groups is 1. The Hall–Kier alpha value is -2.56. The largest absolute Gasteiger partial charge is 0.397 e. The number of rotatable bonds is 4. The molecule has 0 atom stereocenters. The fraction of sp³-hybridized carbons (Fsp3) is 0.0714. The van der Waals surface area contributed by atoms with E-state index in [9.17, 15) is 9.18 Å². The smallest absolute Gasteiger partial charge is 0.248 e. The lowest BCUT2D eigenvalue weighted by Crippen LogP contribution is -2.12. The summed E-state index contributed by atoms with van der Waals surface area (Å²) >= 11 is 0. The van der Waals surface area contributed by atoms with Gasteiger partial charge in [0.15, 0.2) is 0 Å². The van der Waals surface area contributed by atoms with Gasteiger partial charge in [-0.15, -0.1) is 0 Å². The van der Waals surface area contributed by atoms with Crippen LogP contribution in [-0.4, -0.2) is 5.91 Å². The van der Waals surface area contributed by atoms with Crippen LogP contribution in [0, 0.1) is 5.82 Å². The lowest BCUT2D eigenvalue weighted by molar-refractivity contribution is 0.100. The zero-order valence-electron chi connectivity index (χ0n) is 10.2. The molecule has 2 aromatic rings. The first-order chi connectivity index (χ1) is 9.06. The molecular weight excluding hydrogens is 245 g/mol. The summed E-state index contributed by atoms with van der Waals surface area (Å²) in [6.07, 6.45) is 0. The Morgan fingerprint density at radius 3 is 2.47 bits per heavy atom. The van der Waals surface area contributed by atoms with Gasteiger partial charge in [0.05, 0.1) is 11.4 Å². The van der Waals surface area contributed by atoms with Crippen LogP contribution in [0.3, 0.4) is 0 Å². The Morgan fingerprint density at radius 2 is 1.84 bits per heavy atom. The SMILES string of the molecule is NC(=O)c1ccc(N)c(NCc2ccc(F)cc2)c1. The average Bonchev–Trinajstić information content (AvgIpc) is 2.39. The van der Waals surface area contributed by atoms with Gasteiger partial charge in [0.1, 0.15) is 5.82 Å². The minimum absolute atomic E-state index is 0.279. The molecule has 0 heterocycles. The predicted molar refractivity (Wildman–Crippen MR) is 73.1 cm³/mol. The van der Waals surface area contributed by atoms with Gasteiger partial charge in [-0.05, 0) is 35.9 Å². The van der Waals surface area contributed by atoms with Gasteiger partial charge in [-0.3, -0.25) is 4.79 Å². The molecule has 0 unspecified atom stereocenters. The molecule has 0 saturated heterocycles. The standard InChI is InChI=1S/C14H14FN3O/c15-11-4-1-9(2-5-11)8-18-13-7-10(14(17)19)3-6-12(13)16/h1-7,18H,8,16H2,(H2,17,19). The number of benzene rings is 2. The van der Waals surface area contributed by atoms with Crippen LogP contribution < -0.4 is 16.8 Å². The van der Waals surface area contributed by atoms with Gasteiger partial charge in [-0.2, -0.15) is 0 Å². The molecule has 0 spiro atoms. The molecule has 0 aliphatic carbocycles. The minimum Gasteiger partial charge on any atom is -0.397 e. The Balaban J connectivity index is 2.12. The molecule has 19 heavy (non-hydrogen) atoms. The number of carbonyl (C=O) groups excluding carboxylic acids is 1. The number of primary amides is 1. The van der Waals surface area contributed by atoms with E-state index in [0.717, 1.165) is 5.56 Å². The third-order valence-corrected chi connectivity index (χ3v) is 2.73. The van der Waals surface area contributed by atoms with Crippen LogP contribution in [0.1, 0.15) is 15.9 Å². The number of hydrogen-bond acceptors (Lipinski definition) is 3. The van der Waals surface area contributed by atoms with Crippen molar-refractivity contribution in [1.82, 2.24) is 0 Å². The summed E-state index contributed by atoms with van der Waals surface area (Å²) in [5.74, 6) is -0.788. The van der Waals surface area contributed by atoms with Crippen molar-refractivity contribution in [2.75, 3.05) is 11.1 Å². The van der Waals surface area contributed by atoms with E-state index >= 15 is 0 Å². The maximum absolute atomic E-state index is 12.8. The quantitative estimate of drug-likeness (QED) is 0.736. The highest BCUT2D eigenvalue weighted by atomic mass is 19.1. The molecule has 0 bridgehead atoms. The molecule has 1 amide bonds. The van der Waals surface area contributed by atoms with Crippen molar-refractivity contribution in [2.45, 2.75) is 6.54 Å². The Bertz CT molecular complexity index is 596. The predicted octanol–water partition coefficient (Wildman–Crippen LogP) is 2.12. The summed E-state index contributed by atoms with van der Waals surface area (Å²) in [4.78, 5) is 11.1. The van der Waals surface area contributed by atoms with E-state index in [1.165, 1.54) is 12.1 Å². The minimum atomic E-state index is -0.509. The molecule has 0 aliphatic rings. The molecule has 5 N–H and O–H groups in total. The van der Waals surface area contributed by atoms with E-state index in [1.54, 1.807) is 30.3 Å². The Morgan fingerprint density at radius 1 is 1.16 bits per heavy atom. The zero-order chi connectivity index (χ0) is 13.8. The van der Waals surface area contributed by atoms with Crippen LogP contribution in [0.15, 0.2) is 42.5 Å². The molecule has 0 aromatic heterocycles. The first kappa shape index (κ1) is 12.9. The molecule has 2 rings (SSSR count). The molecule has 2 aromatic carbocycles. The molecular formula is C14H14FN3O. The molecule has 0 saturated carbocycles. The molecule has 5 heteroatoms. The van der Waals surface area contributed by atoms with E-state index < -0.39 is 5.91 Å². The second-order valence-corrected chi connectivity index (χ2v) is 4.15. The number of nitrogens with one attached hydrogen (secondary N) is 1. The van der Waals surface area contributed by atoms with Gasteiger partial charge in [0.25, 0.3) is 0 Å². The number of nitrogens with two attached hydrogens (primary N) is 2. The van der Waals surface area contributed by atoms with Crippen LogP contribution in [0.25, 0.3) is 0 Å². The number of amides is 1. The Labute approximate surface area is 110 Å². The van der Waals surface area contributed by atoms with E-state index in [-0.39, 0.29) is 5.82 Å². The van der Waals surface area contributed by atoms with Gasteiger partial charge in [0.2, 0.25) is 5.91 Å². The van der Waals surface area contributed by atoms with Crippen molar-refractivity contribution in [3.63, 3.8) is 0 Å². The second kappa shape index (κ2) is 5.39. The summed E-state index contributed by atoms with van der Waals surface area (Å²) in [5, 5.41) is 3.09. The van der Waals surface area contributed by atoms with Crippen LogP contribution in [0.2, 0.25) is 0 Å². The topological polar surface area (TPSA) is 81.1 Å². The van der Waals surface area contributed by atoms with E-state index in [0.29, 0.717) is 23.5 Å². The highest BCUT2D eigenvalue weighted by Crippen LogP contribution is 2.20. The molecule has 0 fully saturated rings. The van der Waals surface area contributed by atoms with Crippen LogP contribution in [0.5, 0.6) is 0 Å². The van der Waals surface area contributed by atoms with Crippen LogP contribution in [-0.2, 0) is 6.54 Å². The number of hydrogen-bond donors (Lipinski definition) is 3. The highest BCUT2D eigenvalue weighted by molar-refractivity contribution is 5.94. The van der Waals surface area contributed by atoms with E-state index in [1.807, 2.05) is 0 Å². The maximum Gasteiger partial charge on any atom is 0.248 e. The van der Waals surface area contributed by atoms with Crippen molar-refractivity contribution < 1.29 is 9.18 Å². The van der Waals surface area contributed by atoms with Gasteiger partial charge in [0, 0.05) is 12.1 Å². The van der Waals surface area contributed by atoms with Gasteiger partial charge < -0.3 is 16.8 Å². The molecule has 4 nitrogen and oxygen atoms in total. The maximum atomic E-state index is 12.8. The second-order valence-electron chi connectivity index (χ2n) is 4.15. The zero-order valence-corrected chi connectivity index (χ0v) is 10.2. The van der Waals surface area contributed by atoms with Gasteiger partial charge in [-0.1, -0.05) is 12.1 Å². The van der Waals surface area contributed by atoms with Gasteiger partial charge >= 0.3 is 0 Å². The lowest BCUT2D eigenvalue weighted by atomic mass is 10.1. The summed E-state index contributed by atoms with van der Waals surface area (Å²) in [6, 6.07) is 10.9. The first-order valence-corrected chi connectivity index (χ1v) is 5.74. The van der Waals surface area contributed by atoms with Crippen molar-refractivity contribution in [3.8, 4) is 0 Å². The highest BCUT2D eigenvalue weighted by Gasteiger charge is 2.05. The monoisotopic (exact) mass is 259 g/mol. The third-order valence-electron chi connectivity index (χ3n) is 2.73. The van der Waals surface area contributed by atoms with Crippen molar-refractivity contribution in [1.29, 1.82) is 0 Å². The summed E-state index contributed by atoms with van der Waals surface area (Å²) in [5.41, 5.74) is 13.4. The lowest BCUT2D eigenvalue weighted by Gasteiger charge is -2.10. The van der Waals surface area contributed by atoms with Crippen LogP contribution in [0.4, 0.5) is 15.8 Å². The first-order valence-electron chi connectivity index (χ1n) is 5.74. The van der Waals surface area contributed by atoms with Crippen molar-refractivity contribution in [2.24, 2.45) is 5.73 Å². The Kier molecular flexibility index (Phi) is 3.66. The van der Waals surface area contributed by atoms with Crippen molar-refractivity contribution in [3.05, 3.63) is 59.4 Å². The average molecular weight is 259 g/mol. The fourth-order valence-corrected chi connectivity index (χ4v) is 1.66. The summed E-state index contributed by atoms with van der Waals surface area (Å²) in [6.45, 7) is 0.479. The summed E-state index contributed by atoms with van der Waals surface area (Å²) in [7, 11) is 0. The normalized spacial score (nSPS) is 10.2. The number of halogens is 1. The fourth-order valence-electron chi connectivity index (χ4n) is 1.66. The van der Waals surface area contributed by atoms with E-state index in [2.05, 4.69) is 5.32 Å². The number of nitrogen functional groups attached to an aromatic ring is 1.